The fourth-order valence-corrected chi connectivity index (χ4v) is 8.27. The first-order valence-electron chi connectivity index (χ1n) is 15.1. The van der Waals surface area contributed by atoms with Crippen LogP contribution in [0.2, 0.25) is 0 Å². The monoisotopic (exact) mass is 511 g/mol. The molecule has 1 saturated carbocycles. The summed E-state index contributed by atoms with van der Waals surface area (Å²) in [6, 6.07) is 15.5. The number of rotatable bonds is 5. The highest BCUT2D eigenvalue weighted by Crippen LogP contribution is 2.51. The van der Waals surface area contributed by atoms with E-state index < -0.39 is 5.97 Å². The Kier molecular flexibility index (Phi) is 6.53. The molecule has 0 unspecified atom stereocenters. The number of fused-ring (bicyclic) bond motifs is 7. The van der Waals surface area contributed by atoms with Crippen LogP contribution in [0.1, 0.15) is 91.2 Å². The summed E-state index contributed by atoms with van der Waals surface area (Å²) < 4.78 is 2.54. The first-order chi connectivity index (χ1) is 18.7. The fraction of sp³-hybridized carbons (Fsp3) is 0.545. The third-order valence-electron chi connectivity index (χ3n) is 10.1. The predicted octanol–water partition coefficient (Wildman–Crippen LogP) is 6.92. The number of benzene rings is 2. The second-order valence-electron chi connectivity index (χ2n) is 12.3. The van der Waals surface area contributed by atoms with E-state index in [4.69, 9.17) is 0 Å². The molecule has 0 radical (unpaired) electrons. The van der Waals surface area contributed by atoms with E-state index in [1.165, 1.54) is 105 Å². The molecule has 4 heterocycles. The highest BCUT2D eigenvalue weighted by molar-refractivity contribution is 5.98. The van der Waals surface area contributed by atoms with Crippen LogP contribution in [0.3, 0.4) is 0 Å². The Balaban J connectivity index is 1.34. The van der Waals surface area contributed by atoms with E-state index in [0.717, 1.165) is 25.2 Å². The summed E-state index contributed by atoms with van der Waals surface area (Å²) in [4.78, 5) is 17.4. The maximum atomic E-state index is 12.0. The van der Waals surface area contributed by atoms with Crippen LogP contribution in [0, 0.1) is 5.92 Å². The topological polar surface area (TPSA) is 48.7 Å². The van der Waals surface area contributed by atoms with Crippen LogP contribution < -0.4 is 0 Å². The van der Waals surface area contributed by atoms with E-state index in [0.29, 0.717) is 23.4 Å². The first-order valence-corrected chi connectivity index (χ1v) is 15.1. The third-order valence-corrected chi connectivity index (χ3v) is 10.1. The molecule has 3 fully saturated rings. The lowest BCUT2D eigenvalue weighted by atomic mass is 9.81. The maximum absolute atomic E-state index is 12.0. The van der Waals surface area contributed by atoms with Crippen LogP contribution >= 0.6 is 0 Å². The minimum absolute atomic E-state index is 0.400. The molecule has 4 aliphatic rings. The molecule has 38 heavy (non-hydrogen) atoms. The zero-order valence-corrected chi connectivity index (χ0v) is 22.6. The molecule has 5 nitrogen and oxygen atoms in total. The van der Waals surface area contributed by atoms with Crippen molar-refractivity contribution in [2.24, 2.45) is 5.92 Å². The van der Waals surface area contributed by atoms with E-state index in [2.05, 4.69) is 44.7 Å². The average Bonchev–Trinajstić information content (AvgIpc) is 3.47. The van der Waals surface area contributed by atoms with Gasteiger partial charge in [-0.05, 0) is 86.8 Å². The van der Waals surface area contributed by atoms with Crippen LogP contribution in [-0.4, -0.2) is 58.2 Å². The van der Waals surface area contributed by atoms with E-state index in [1.54, 1.807) is 0 Å². The summed E-state index contributed by atoms with van der Waals surface area (Å²) in [5.74, 6) is 0.264. The predicted molar refractivity (Wildman–Crippen MR) is 153 cm³/mol. The lowest BCUT2D eigenvalue weighted by Crippen LogP contribution is -2.38. The number of likely N-dealkylation sites (tertiary alicyclic amines) is 2. The molecular weight excluding hydrogens is 470 g/mol. The summed E-state index contributed by atoms with van der Waals surface area (Å²) in [7, 11) is 0. The summed E-state index contributed by atoms with van der Waals surface area (Å²) in [5.41, 5.74) is 7.28. The van der Waals surface area contributed by atoms with Crippen molar-refractivity contribution >= 4 is 16.9 Å². The van der Waals surface area contributed by atoms with E-state index in [1.807, 2.05) is 12.1 Å². The lowest BCUT2D eigenvalue weighted by Gasteiger charge is -2.32. The van der Waals surface area contributed by atoms with Crippen LogP contribution in [-0.2, 0) is 6.54 Å². The van der Waals surface area contributed by atoms with Crippen molar-refractivity contribution in [3.8, 4) is 11.3 Å². The molecule has 1 aliphatic carbocycles. The van der Waals surface area contributed by atoms with Gasteiger partial charge in [-0.3, -0.25) is 4.90 Å². The van der Waals surface area contributed by atoms with Crippen LogP contribution in [0.15, 0.2) is 42.5 Å². The van der Waals surface area contributed by atoms with Gasteiger partial charge >= 0.3 is 5.97 Å². The number of aromatic carboxylic acids is 1. The number of aromatic nitrogens is 1. The zero-order valence-electron chi connectivity index (χ0n) is 22.6. The van der Waals surface area contributed by atoms with Crippen LogP contribution in [0.5, 0.6) is 0 Å². The maximum Gasteiger partial charge on any atom is 0.335 e. The second-order valence-corrected chi connectivity index (χ2v) is 12.3. The molecule has 200 valence electrons. The molecule has 2 atom stereocenters. The highest BCUT2D eigenvalue weighted by Gasteiger charge is 2.41. The molecule has 3 aromatic rings. The second kappa shape index (κ2) is 10.2. The number of carboxylic acids is 1. The number of nitrogens with zero attached hydrogens (tertiary/aromatic N) is 3. The fourth-order valence-electron chi connectivity index (χ4n) is 8.27. The Hall–Kier alpha value is -2.63. The normalized spacial score (nSPS) is 24.6. The lowest BCUT2D eigenvalue weighted by molar-refractivity contribution is 0.0697. The molecular formula is C33H41N3O2. The van der Waals surface area contributed by atoms with Gasteiger partial charge in [0.25, 0.3) is 0 Å². The van der Waals surface area contributed by atoms with Gasteiger partial charge in [-0.2, -0.15) is 0 Å². The zero-order chi connectivity index (χ0) is 25.6. The molecule has 0 spiro atoms. The number of hydrogen-bond acceptors (Lipinski definition) is 3. The molecule has 0 bridgehead atoms. The van der Waals surface area contributed by atoms with Gasteiger partial charge in [0.1, 0.15) is 0 Å². The van der Waals surface area contributed by atoms with Gasteiger partial charge in [-0.15, -0.1) is 0 Å². The van der Waals surface area contributed by atoms with Crippen molar-refractivity contribution in [1.82, 2.24) is 14.4 Å². The van der Waals surface area contributed by atoms with Crippen molar-refractivity contribution in [3.63, 3.8) is 0 Å². The first kappa shape index (κ1) is 24.4. The minimum Gasteiger partial charge on any atom is -0.478 e. The van der Waals surface area contributed by atoms with Crippen LogP contribution in [0.25, 0.3) is 22.2 Å². The van der Waals surface area contributed by atoms with Gasteiger partial charge in [0, 0.05) is 42.1 Å². The van der Waals surface area contributed by atoms with Gasteiger partial charge < -0.3 is 14.6 Å². The van der Waals surface area contributed by atoms with Crippen molar-refractivity contribution in [1.29, 1.82) is 0 Å². The van der Waals surface area contributed by atoms with E-state index in [-0.39, 0.29) is 0 Å². The van der Waals surface area contributed by atoms with Gasteiger partial charge in [0.15, 0.2) is 0 Å². The smallest absolute Gasteiger partial charge is 0.335 e. The average molecular weight is 512 g/mol. The summed E-state index contributed by atoms with van der Waals surface area (Å²) in [5, 5.41) is 11.1. The van der Waals surface area contributed by atoms with Gasteiger partial charge in [0.2, 0.25) is 0 Å². The SMILES string of the molecule is O=C(O)c1ccc2c(C3CCCCC3)c3n(c2c1)C[C@@H]1CCN(CCN2CCCCC2)[C@H]1c1ccccc1-3. The standard InChI is InChI=1S/C33H41N3O2/c37-33(38)24-13-14-28-29(21-24)36-22-25-15-18-35(20-19-34-16-7-2-8-17-34)31(25)26-11-5-6-12-27(26)32(36)30(28)23-9-3-1-4-10-23/h5-6,11-14,21,23,25,31H,1-4,7-10,15-20,22H2,(H,37,38)/t25-,31+/m0/s1. The van der Waals surface area contributed by atoms with Gasteiger partial charge in [-0.25, -0.2) is 4.79 Å². The van der Waals surface area contributed by atoms with Gasteiger partial charge in [0.05, 0.1) is 11.3 Å². The molecule has 2 saturated heterocycles. The van der Waals surface area contributed by atoms with Crippen LogP contribution in [0.4, 0.5) is 0 Å². The Morgan fingerprint density at radius 1 is 0.868 bits per heavy atom. The Morgan fingerprint density at radius 2 is 1.66 bits per heavy atom. The van der Waals surface area contributed by atoms with Gasteiger partial charge in [-0.1, -0.05) is 56.0 Å². The summed E-state index contributed by atoms with van der Waals surface area (Å²) in [6.45, 7) is 6.96. The highest BCUT2D eigenvalue weighted by atomic mass is 16.4. The van der Waals surface area contributed by atoms with E-state index in [9.17, 15) is 9.90 Å². The largest absolute Gasteiger partial charge is 0.478 e. The Bertz CT molecular complexity index is 1330. The molecule has 3 aliphatic heterocycles. The number of carboxylic acid groups (broad SMARTS) is 1. The molecule has 5 heteroatoms. The third kappa shape index (κ3) is 4.19. The number of carbonyl (C=O) groups is 1. The molecule has 1 N–H and O–H groups in total. The molecule has 7 rings (SSSR count). The van der Waals surface area contributed by atoms with Crippen molar-refractivity contribution in [2.75, 3.05) is 32.7 Å². The summed E-state index contributed by atoms with van der Waals surface area (Å²) >= 11 is 0. The molecule has 1 aromatic heterocycles. The molecule has 2 aromatic carbocycles. The van der Waals surface area contributed by atoms with Crippen molar-refractivity contribution in [3.05, 3.63) is 59.2 Å². The Morgan fingerprint density at radius 3 is 2.47 bits per heavy atom. The summed E-state index contributed by atoms with van der Waals surface area (Å²) in [6.07, 6.45) is 11.7. The van der Waals surface area contributed by atoms with E-state index >= 15 is 0 Å². The molecule has 0 amide bonds. The minimum atomic E-state index is -0.835. The number of piperidine rings is 1. The van der Waals surface area contributed by atoms with Crippen molar-refractivity contribution < 1.29 is 9.90 Å². The van der Waals surface area contributed by atoms with Crippen molar-refractivity contribution in [2.45, 2.75) is 76.3 Å². The number of hydrogen-bond donors (Lipinski definition) is 1. The Labute approximate surface area is 226 Å². The quantitative estimate of drug-likeness (QED) is 0.404.